The molecule has 1 aromatic rings. The first-order chi connectivity index (χ1) is 8.48. The number of nitrogens with zero attached hydrogens (tertiary/aromatic N) is 1. The topological polar surface area (TPSA) is 35.5 Å². The Morgan fingerprint density at radius 1 is 1.05 bits per heavy atom. The molecule has 1 heterocycles. The van der Waals surface area contributed by atoms with Crippen molar-refractivity contribution in [2.75, 3.05) is 26.2 Å². The smallest absolute Gasteiger partial charge is 0.115 e. The van der Waals surface area contributed by atoms with Crippen LogP contribution in [-0.2, 0) is 0 Å². The molecule has 1 aliphatic rings. The average molecular weight is 321 g/mol. The summed E-state index contributed by atoms with van der Waals surface area (Å²) in [4.78, 5) is 2.54. The predicted octanol–water partition coefficient (Wildman–Crippen LogP) is 3.23. The van der Waals surface area contributed by atoms with Crippen molar-refractivity contribution in [1.82, 2.24) is 10.2 Å². The molecule has 1 fully saturated rings. The monoisotopic (exact) mass is 320 g/mol. The highest BCUT2D eigenvalue weighted by Crippen LogP contribution is 2.38. The minimum Gasteiger partial charge on any atom is -0.508 e. The maximum absolute atomic E-state index is 9.43. The molecule has 2 rings (SSSR count). The first kappa shape index (κ1) is 19.5. The number of hydrogen-bond acceptors (Lipinski definition) is 3. The highest BCUT2D eigenvalue weighted by molar-refractivity contribution is 5.85. The van der Waals surface area contributed by atoms with E-state index in [0.717, 1.165) is 26.2 Å². The van der Waals surface area contributed by atoms with Crippen molar-refractivity contribution >= 4 is 24.8 Å². The van der Waals surface area contributed by atoms with E-state index in [1.165, 1.54) is 5.56 Å². The van der Waals surface area contributed by atoms with Crippen molar-refractivity contribution < 1.29 is 5.11 Å². The van der Waals surface area contributed by atoms with Crippen LogP contribution in [-0.4, -0.2) is 36.2 Å². The Balaban J connectivity index is 0.00000180. The van der Waals surface area contributed by atoms with Crippen molar-refractivity contribution in [2.45, 2.75) is 26.8 Å². The van der Waals surface area contributed by atoms with E-state index in [0.29, 0.717) is 11.8 Å². The minimum absolute atomic E-state index is 0. The van der Waals surface area contributed by atoms with E-state index < -0.39 is 0 Å². The molecular formula is C15H26Cl2N2O. The van der Waals surface area contributed by atoms with Gasteiger partial charge in [-0.15, -0.1) is 24.8 Å². The Hall–Kier alpha value is -0.480. The standard InChI is InChI=1S/C15H24N2O.2ClH/c1-15(2,3)14(17-10-8-16-9-11-17)12-4-6-13(18)7-5-12;;/h4-7,14,16,18H,8-11H2,1-3H3;2*1H/t14-;;/m1../s1. The van der Waals surface area contributed by atoms with Crippen LogP contribution < -0.4 is 5.32 Å². The number of nitrogens with one attached hydrogen (secondary N) is 1. The van der Waals surface area contributed by atoms with Crippen LogP contribution in [0.3, 0.4) is 0 Å². The van der Waals surface area contributed by atoms with Gasteiger partial charge in [0.15, 0.2) is 0 Å². The molecule has 0 aliphatic carbocycles. The van der Waals surface area contributed by atoms with Gasteiger partial charge in [0.2, 0.25) is 0 Å². The van der Waals surface area contributed by atoms with Crippen LogP contribution in [0.2, 0.25) is 0 Å². The summed E-state index contributed by atoms with van der Waals surface area (Å²) >= 11 is 0. The van der Waals surface area contributed by atoms with Gasteiger partial charge in [-0.05, 0) is 23.1 Å². The van der Waals surface area contributed by atoms with Gasteiger partial charge in [-0.25, -0.2) is 0 Å². The number of benzene rings is 1. The highest BCUT2D eigenvalue weighted by Gasteiger charge is 2.32. The van der Waals surface area contributed by atoms with E-state index in [2.05, 4.69) is 31.0 Å². The quantitative estimate of drug-likeness (QED) is 0.878. The molecule has 116 valence electrons. The molecule has 0 aromatic heterocycles. The van der Waals surface area contributed by atoms with Crippen LogP contribution in [0.4, 0.5) is 0 Å². The summed E-state index contributed by atoms with van der Waals surface area (Å²) in [6.45, 7) is 11.1. The van der Waals surface area contributed by atoms with Gasteiger partial charge in [0.05, 0.1) is 0 Å². The van der Waals surface area contributed by atoms with Crippen LogP contribution >= 0.6 is 24.8 Å². The summed E-state index contributed by atoms with van der Waals surface area (Å²) < 4.78 is 0. The normalized spacial score (nSPS) is 17.8. The maximum Gasteiger partial charge on any atom is 0.115 e. The Bertz CT molecular complexity index is 384. The van der Waals surface area contributed by atoms with E-state index in [1.54, 1.807) is 12.1 Å². The summed E-state index contributed by atoms with van der Waals surface area (Å²) in [5.41, 5.74) is 1.48. The van der Waals surface area contributed by atoms with Crippen molar-refractivity contribution in [3.8, 4) is 5.75 Å². The minimum atomic E-state index is 0. The van der Waals surface area contributed by atoms with Crippen LogP contribution in [0.1, 0.15) is 32.4 Å². The van der Waals surface area contributed by atoms with Crippen molar-refractivity contribution in [3.63, 3.8) is 0 Å². The summed E-state index contributed by atoms with van der Waals surface area (Å²) in [6, 6.07) is 8.08. The lowest BCUT2D eigenvalue weighted by Gasteiger charge is -2.42. The van der Waals surface area contributed by atoms with Gasteiger partial charge in [-0.1, -0.05) is 32.9 Å². The largest absolute Gasteiger partial charge is 0.508 e. The zero-order valence-electron chi connectivity index (χ0n) is 12.4. The van der Waals surface area contributed by atoms with Gasteiger partial charge in [-0.3, -0.25) is 4.90 Å². The van der Waals surface area contributed by atoms with Crippen molar-refractivity contribution in [1.29, 1.82) is 0 Å². The molecule has 0 spiro atoms. The fraction of sp³-hybridized carbons (Fsp3) is 0.600. The van der Waals surface area contributed by atoms with Gasteiger partial charge >= 0.3 is 0 Å². The Morgan fingerprint density at radius 3 is 2.00 bits per heavy atom. The molecule has 0 saturated carbocycles. The molecule has 2 N–H and O–H groups in total. The van der Waals surface area contributed by atoms with Crippen molar-refractivity contribution in [2.24, 2.45) is 5.41 Å². The predicted molar refractivity (Wildman–Crippen MR) is 89.2 cm³/mol. The maximum atomic E-state index is 9.43. The molecule has 0 bridgehead atoms. The zero-order chi connectivity index (χ0) is 13.2. The summed E-state index contributed by atoms with van der Waals surface area (Å²) in [5.74, 6) is 0.340. The third kappa shape index (κ3) is 4.81. The molecule has 20 heavy (non-hydrogen) atoms. The summed E-state index contributed by atoms with van der Waals surface area (Å²) in [5, 5.41) is 12.8. The second kappa shape index (κ2) is 8.08. The first-order valence-electron chi connectivity index (χ1n) is 6.72. The number of halogens is 2. The van der Waals surface area contributed by atoms with Gasteiger partial charge in [0.25, 0.3) is 0 Å². The number of phenolic OH excluding ortho intramolecular Hbond substituents is 1. The van der Waals surface area contributed by atoms with E-state index in [9.17, 15) is 5.11 Å². The number of hydrogen-bond donors (Lipinski definition) is 2. The third-order valence-electron chi connectivity index (χ3n) is 3.55. The number of rotatable bonds is 2. The van der Waals surface area contributed by atoms with E-state index in [1.807, 2.05) is 12.1 Å². The molecule has 3 nitrogen and oxygen atoms in total. The van der Waals surface area contributed by atoms with E-state index in [-0.39, 0.29) is 30.2 Å². The SMILES string of the molecule is CC(C)(C)[C@@H](c1ccc(O)cc1)N1CCNCC1.Cl.Cl. The molecule has 0 radical (unpaired) electrons. The van der Waals surface area contributed by atoms with Crippen LogP contribution in [0.25, 0.3) is 0 Å². The third-order valence-corrected chi connectivity index (χ3v) is 3.55. The molecule has 5 heteroatoms. The van der Waals surface area contributed by atoms with E-state index >= 15 is 0 Å². The number of piperazine rings is 1. The number of phenols is 1. The average Bonchev–Trinajstić information content (AvgIpc) is 2.32. The lowest BCUT2D eigenvalue weighted by atomic mass is 9.81. The molecule has 1 saturated heterocycles. The Labute approximate surface area is 134 Å². The van der Waals surface area contributed by atoms with Crippen LogP contribution in [0.5, 0.6) is 5.75 Å². The van der Waals surface area contributed by atoms with Gasteiger partial charge in [0.1, 0.15) is 5.75 Å². The Morgan fingerprint density at radius 2 is 1.55 bits per heavy atom. The first-order valence-corrected chi connectivity index (χ1v) is 6.72. The fourth-order valence-corrected chi connectivity index (χ4v) is 2.86. The zero-order valence-corrected chi connectivity index (χ0v) is 14.1. The lowest BCUT2D eigenvalue weighted by Crippen LogP contribution is -2.48. The van der Waals surface area contributed by atoms with Gasteiger partial charge < -0.3 is 10.4 Å². The molecule has 0 unspecified atom stereocenters. The van der Waals surface area contributed by atoms with E-state index in [4.69, 9.17) is 0 Å². The highest BCUT2D eigenvalue weighted by atomic mass is 35.5. The number of aromatic hydroxyl groups is 1. The fourth-order valence-electron chi connectivity index (χ4n) is 2.86. The lowest BCUT2D eigenvalue weighted by molar-refractivity contribution is 0.0862. The van der Waals surface area contributed by atoms with Gasteiger partial charge in [-0.2, -0.15) is 0 Å². The second-order valence-corrected chi connectivity index (χ2v) is 6.15. The molecular weight excluding hydrogens is 295 g/mol. The van der Waals surface area contributed by atoms with Gasteiger partial charge in [0, 0.05) is 32.2 Å². The molecule has 1 atom stereocenters. The van der Waals surface area contributed by atoms with Crippen LogP contribution in [0.15, 0.2) is 24.3 Å². The van der Waals surface area contributed by atoms with Crippen molar-refractivity contribution in [3.05, 3.63) is 29.8 Å². The molecule has 0 amide bonds. The van der Waals surface area contributed by atoms with Crippen LogP contribution in [0, 0.1) is 5.41 Å². The second-order valence-electron chi connectivity index (χ2n) is 6.15. The summed E-state index contributed by atoms with van der Waals surface area (Å²) in [6.07, 6.45) is 0. The summed E-state index contributed by atoms with van der Waals surface area (Å²) in [7, 11) is 0. The Kier molecular flexibility index (Phi) is 7.89. The molecule has 1 aromatic carbocycles. The molecule has 1 aliphatic heterocycles.